The average Bonchev–Trinajstić information content (AvgIpc) is 1.92. The lowest BCUT2D eigenvalue weighted by atomic mass is 9.96. The van der Waals surface area contributed by atoms with E-state index in [0.717, 1.165) is 13.1 Å². The molecule has 3 N–H and O–H groups in total. The summed E-state index contributed by atoms with van der Waals surface area (Å²) in [4.78, 5) is 22.0. The second kappa shape index (κ2) is 4.61. The Bertz CT molecular complexity index is 259. The van der Waals surface area contributed by atoms with Gasteiger partial charge in [-0.3, -0.25) is 9.59 Å². The number of carboxylic acids is 1. The summed E-state index contributed by atoms with van der Waals surface area (Å²) in [6.07, 6.45) is 0.428. The first-order valence-electron chi connectivity index (χ1n) is 5.12. The molecule has 1 heterocycles. The molecule has 0 atom stereocenters. The van der Waals surface area contributed by atoms with Crippen LogP contribution in [0.25, 0.3) is 0 Å². The van der Waals surface area contributed by atoms with Crippen LogP contribution in [-0.4, -0.2) is 35.6 Å². The van der Waals surface area contributed by atoms with Crippen LogP contribution >= 0.6 is 0 Å². The second-order valence-corrected chi connectivity index (χ2v) is 4.73. The first-order chi connectivity index (χ1) is 6.89. The van der Waals surface area contributed by atoms with Crippen molar-refractivity contribution in [2.24, 2.45) is 5.92 Å². The average molecular weight is 214 g/mol. The fourth-order valence-electron chi connectivity index (χ4n) is 1.61. The van der Waals surface area contributed by atoms with Gasteiger partial charge in [-0.1, -0.05) is 0 Å². The molecule has 0 bridgehead atoms. The van der Waals surface area contributed by atoms with Crippen molar-refractivity contribution in [3.63, 3.8) is 0 Å². The molecule has 0 spiro atoms. The van der Waals surface area contributed by atoms with Gasteiger partial charge in [0.25, 0.3) is 0 Å². The fourth-order valence-corrected chi connectivity index (χ4v) is 1.61. The smallest absolute Gasteiger partial charge is 0.305 e. The van der Waals surface area contributed by atoms with Crippen LogP contribution < -0.4 is 10.6 Å². The van der Waals surface area contributed by atoms with Gasteiger partial charge in [0.05, 0.1) is 6.42 Å². The molecule has 1 rings (SSSR count). The van der Waals surface area contributed by atoms with Crippen molar-refractivity contribution in [3.05, 3.63) is 0 Å². The number of hydrogen-bond acceptors (Lipinski definition) is 3. The van der Waals surface area contributed by atoms with Gasteiger partial charge in [0, 0.05) is 12.0 Å². The highest BCUT2D eigenvalue weighted by Gasteiger charge is 2.26. The van der Waals surface area contributed by atoms with Crippen molar-refractivity contribution in [1.82, 2.24) is 10.6 Å². The zero-order valence-electron chi connectivity index (χ0n) is 9.17. The number of amides is 1. The van der Waals surface area contributed by atoms with Gasteiger partial charge in [0.15, 0.2) is 0 Å². The fraction of sp³-hybridized carbons (Fsp3) is 0.800. The van der Waals surface area contributed by atoms with Crippen molar-refractivity contribution >= 4 is 11.9 Å². The summed E-state index contributed by atoms with van der Waals surface area (Å²) in [6, 6.07) is 0. The standard InChI is InChI=1S/C10H18N2O3/c1-10(2,4-9(14)15)12-8(13)3-7-5-11-6-7/h7,11H,3-6H2,1-2H3,(H,12,13)(H,14,15). The number of carbonyl (C=O) groups is 2. The van der Waals surface area contributed by atoms with E-state index in [2.05, 4.69) is 10.6 Å². The normalized spacial score (nSPS) is 16.9. The van der Waals surface area contributed by atoms with Crippen molar-refractivity contribution in [1.29, 1.82) is 0 Å². The molecule has 0 radical (unpaired) electrons. The van der Waals surface area contributed by atoms with Crippen LogP contribution in [0.4, 0.5) is 0 Å². The van der Waals surface area contributed by atoms with Crippen LogP contribution in [0.1, 0.15) is 26.7 Å². The number of hydrogen-bond donors (Lipinski definition) is 3. The van der Waals surface area contributed by atoms with Crippen molar-refractivity contribution in [3.8, 4) is 0 Å². The van der Waals surface area contributed by atoms with E-state index >= 15 is 0 Å². The minimum Gasteiger partial charge on any atom is -0.481 e. The van der Waals surface area contributed by atoms with Gasteiger partial charge in [-0.05, 0) is 32.9 Å². The lowest BCUT2D eigenvalue weighted by Crippen LogP contribution is -2.49. The highest BCUT2D eigenvalue weighted by atomic mass is 16.4. The summed E-state index contributed by atoms with van der Waals surface area (Å²) < 4.78 is 0. The molecule has 0 unspecified atom stereocenters. The molecule has 86 valence electrons. The Labute approximate surface area is 89.2 Å². The summed E-state index contributed by atoms with van der Waals surface area (Å²) in [7, 11) is 0. The number of carboxylic acid groups (broad SMARTS) is 1. The summed E-state index contributed by atoms with van der Waals surface area (Å²) in [6.45, 7) is 5.20. The van der Waals surface area contributed by atoms with E-state index in [1.807, 2.05) is 0 Å². The number of rotatable bonds is 5. The molecule has 1 saturated heterocycles. The Morgan fingerprint density at radius 2 is 2.07 bits per heavy atom. The van der Waals surface area contributed by atoms with Gasteiger partial charge in [-0.2, -0.15) is 0 Å². The Morgan fingerprint density at radius 3 is 2.47 bits per heavy atom. The third-order valence-corrected chi connectivity index (χ3v) is 2.41. The molecule has 0 aromatic carbocycles. The molecule has 1 aliphatic heterocycles. The van der Waals surface area contributed by atoms with Crippen molar-refractivity contribution < 1.29 is 14.7 Å². The van der Waals surface area contributed by atoms with Crippen LogP contribution in [0, 0.1) is 5.92 Å². The highest BCUT2D eigenvalue weighted by Crippen LogP contribution is 2.12. The van der Waals surface area contributed by atoms with Crippen LogP contribution in [0.2, 0.25) is 0 Å². The highest BCUT2D eigenvalue weighted by molar-refractivity contribution is 5.78. The topological polar surface area (TPSA) is 78.4 Å². The summed E-state index contributed by atoms with van der Waals surface area (Å²) >= 11 is 0. The first kappa shape index (κ1) is 12.0. The summed E-state index contributed by atoms with van der Waals surface area (Å²) in [5.41, 5.74) is -0.667. The summed E-state index contributed by atoms with van der Waals surface area (Å²) in [5.74, 6) is -0.552. The number of nitrogens with one attached hydrogen (secondary N) is 2. The molecule has 0 aromatic rings. The van der Waals surface area contributed by atoms with Crippen LogP contribution in [0.5, 0.6) is 0 Å². The van der Waals surface area contributed by atoms with E-state index < -0.39 is 11.5 Å². The van der Waals surface area contributed by atoms with E-state index in [9.17, 15) is 9.59 Å². The largest absolute Gasteiger partial charge is 0.481 e. The Morgan fingerprint density at radius 1 is 1.47 bits per heavy atom. The predicted octanol–water partition coefficient (Wildman–Crippen LogP) is -0.0346. The maximum atomic E-state index is 11.5. The molecule has 0 aliphatic carbocycles. The lowest BCUT2D eigenvalue weighted by molar-refractivity contribution is -0.138. The van der Waals surface area contributed by atoms with Crippen LogP contribution in [0.3, 0.4) is 0 Å². The van der Waals surface area contributed by atoms with Gasteiger partial charge in [0.1, 0.15) is 0 Å². The van der Waals surface area contributed by atoms with E-state index in [4.69, 9.17) is 5.11 Å². The molecule has 5 heteroatoms. The predicted molar refractivity (Wildman–Crippen MR) is 55.5 cm³/mol. The second-order valence-electron chi connectivity index (χ2n) is 4.73. The van der Waals surface area contributed by atoms with E-state index in [1.165, 1.54) is 0 Å². The van der Waals surface area contributed by atoms with Gasteiger partial charge in [-0.25, -0.2) is 0 Å². The Kier molecular flexibility index (Phi) is 3.68. The minimum atomic E-state index is -0.898. The molecule has 1 fully saturated rings. The van der Waals surface area contributed by atoms with Gasteiger partial charge < -0.3 is 15.7 Å². The Balaban J connectivity index is 2.31. The molecular formula is C10H18N2O3. The third kappa shape index (κ3) is 4.29. The molecule has 5 nitrogen and oxygen atoms in total. The maximum absolute atomic E-state index is 11.5. The Hall–Kier alpha value is -1.10. The molecule has 0 saturated carbocycles. The zero-order valence-corrected chi connectivity index (χ0v) is 9.17. The van der Waals surface area contributed by atoms with E-state index in [0.29, 0.717) is 12.3 Å². The van der Waals surface area contributed by atoms with Crippen molar-refractivity contribution in [2.75, 3.05) is 13.1 Å². The van der Waals surface area contributed by atoms with Gasteiger partial charge in [-0.15, -0.1) is 0 Å². The third-order valence-electron chi connectivity index (χ3n) is 2.41. The molecule has 15 heavy (non-hydrogen) atoms. The van der Waals surface area contributed by atoms with Gasteiger partial charge in [0.2, 0.25) is 5.91 Å². The van der Waals surface area contributed by atoms with E-state index in [1.54, 1.807) is 13.8 Å². The SMILES string of the molecule is CC(C)(CC(=O)O)NC(=O)CC1CNC1. The van der Waals surface area contributed by atoms with Crippen molar-refractivity contribution in [2.45, 2.75) is 32.2 Å². The maximum Gasteiger partial charge on any atom is 0.305 e. The van der Waals surface area contributed by atoms with Crippen LogP contribution in [-0.2, 0) is 9.59 Å². The quantitative estimate of drug-likeness (QED) is 0.600. The minimum absolute atomic E-state index is 0.0539. The van der Waals surface area contributed by atoms with Crippen LogP contribution in [0.15, 0.2) is 0 Å². The molecule has 0 aromatic heterocycles. The monoisotopic (exact) mass is 214 g/mol. The zero-order chi connectivity index (χ0) is 11.5. The molecule has 1 amide bonds. The number of aliphatic carboxylic acids is 1. The summed E-state index contributed by atoms with van der Waals surface area (Å²) in [5, 5.41) is 14.5. The first-order valence-corrected chi connectivity index (χ1v) is 5.12. The molecular weight excluding hydrogens is 196 g/mol. The number of carbonyl (C=O) groups excluding carboxylic acids is 1. The van der Waals surface area contributed by atoms with Gasteiger partial charge >= 0.3 is 5.97 Å². The molecule has 1 aliphatic rings. The lowest BCUT2D eigenvalue weighted by Gasteiger charge is -2.29. The van der Waals surface area contributed by atoms with E-state index in [-0.39, 0.29) is 12.3 Å².